The molecule has 0 aliphatic heterocycles. The molecule has 0 aromatic rings. The van der Waals surface area contributed by atoms with Crippen molar-refractivity contribution in [3.05, 3.63) is 59.1 Å². The summed E-state index contributed by atoms with van der Waals surface area (Å²) in [6.07, 6.45) is 16.5. The monoisotopic (exact) mass is 447 g/mol. The summed E-state index contributed by atoms with van der Waals surface area (Å²) in [5, 5.41) is 13.9. The fourth-order valence-corrected chi connectivity index (χ4v) is 8.83. The third kappa shape index (κ3) is 2.77. The Morgan fingerprint density at radius 3 is 2.42 bits per heavy atom. The van der Waals surface area contributed by atoms with Gasteiger partial charge in [-0.25, -0.2) is 0 Å². The van der Waals surface area contributed by atoms with Gasteiger partial charge in [-0.15, -0.1) is 0 Å². The molecular formula is C30H41NO2. The molecule has 5 aliphatic rings. The van der Waals surface area contributed by atoms with Crippen molar-refractivity contribution in [2.75, 3.05) is 0 Å². The predicted octanol–water partition coefficient (Wildman–Crippen LogP) is 7.10. The van der Waals surface area contributed by atoms with Crippen molar-refractivity contribution < 1.29 is 9.90 Å². The van der Waals surface area contributed by atoms with Crippen LogP contribution in [0.5, 0.6) is 0 Å². The summed E-state index contributed by atoms with van der Waals surface area (Å²) in [5.41, 5.74) is 5.03. The van der Waals surface area contributed by atoms with E-state index in [1.165, 1.54) is 37.7 Å². The second-order valence-electron chi connectivity index (χ2n) is 13.0. The number of aliphatic hydroxyl groups excluding tert-OH is 1. The number of carbonyl (C=O) groups excluding carboxylic acids is 1. The van der Waals surface area contributed by atoms with E-state index in [2.05, 4.69) is 58.7 Å². The van der Waals surface area contributed by atoms with Crippen molar-refractivity contribution in [3.63, 3.8) is 0 Å². The third-order valence-electron chi connectivity index (χ3n) is 11.3. The molecule has 0 heterocycles. The quantitative estimate of drug-likeness (QED) is 0.475. The molecule has 33 heavy (non-hydrogen) atoms. The highest BCUT2D eigenvalue weighted by atomic mass is 16.3. The van der Waals surface area contributed by atoms with Crippen LogP contribution in [0.3, 0.4) is 0 Å². The minimum absolute atomic E-state index is 0.0830. The molecule has 3 fully saturated rings. The first kappa shape index (κ1) is 22.7. The van der Waals surface area contributed by atoms with Crippen LogP contribution in [0, 0.1) is 27.6 Å². The number of carbonyl (C=O) groups is 1. The highest BCUT2D eigenvalue weighted by Crippen LogP contribution is 2.75. The zero-order valence-electron chi connectivity index (χ0n) is 21.4. The number of aliphatic hydroxyl groups is 1. The minimum atomic E-state index is -0.240. The summed E-state index contributed by atoms with van der Waals surface area (Å²) in [5.74, 6) is 0.302. The van der Waals surface area contributed by atoms with Gasteiger partial charge in [-0.1, -0.05) is 52.0 Å². The predicted molar refractivity (Wildman–Crippen MR) is 135 cm³/mol. The van der Waals surface area contributed by atoms with Crippen LogP contribution in [0.2, 0.25) is 0 Å². The summed E-state index contributed by atoms with van der Waals surface area (Å²) in [4.78, 5) is 12.6. The fourth-order valence-electron chi connectivity index (χ4n) is 8.83. The van der Waals surface area contributed by atoms with Crippen LogP contribution in [-0.2, 0) is 4.79 Å². The van der Waals surface area contributed by atoms with Gasteiger partial charge in [-0.2, -0.15) is 0 Å². The summed E-state index contributed by atoms with van der Waals surface area (Å²) in [7, 11) is 0. The molecule has 0 amide bonds. The molecule has 2 N–H and O–H groups in total. The molecule has 6 atom stereocenters. The van der Waals surface area contributed by atoms with E-state index >= 15 is 0 Å². The molecule has 3 saturated carbocycles. The summed E-state index contributed by atoms with van der Waals surface area (Å²) in [6.45, 7) is 18.2. The Kier molecular flexibility index (Phi) is 4.66. The molecule has 5 rings (SSSR count). The lowest BCUT2D eigenvalue weighted by Gasteiger charge is -2.70. The highest BCUT2D eigenvalue weighted by molar-refractivity contribution is 6.06. The summed E-state index contributed by atoms with van der Waals surface area (Å²) < 4.78 is 0. The SMILES string of the molecule is C=CNC1(C)CCC2(C)CCC3(C)C4=CC=C5C(=CC(=O)C(O)=C5C)C4(C)CCC3(C)C2C1. The Labute approximate surface area is 199 Å². The number of nitrogens with one attached hydrogen (secondary N) is 1. The molecule has 0 saturated heterocycles. The molecule has 0 aromatic heterocycles. The Bertz CT molecular complexity index is 1070. The van der Waals surface area contributed by atoms with Gasteiger partial charge >= 0.3 is 0 Å². The Balaban J connectivity index is 1.63. The lowest BCUT2D eigenvalue weighted by molar-refractivity contribution is -0.152. The van der Waals surface area contributed by atoms with Crippen molar-refractivity contribution in [1.29, 1.82) is 0 Å². The third-order valence-corrected chi connectivity index (χ3v) is 11.3. The Morgan fingerprint density at radius 1 is 1.03 bits per heavy atom. The molecule has 0 bridgehead atoms. The maximum Gasteiger partial charge on any atom is 0.220 e. The van der Waals surface area contributed by atoms with E-state index in [1.807, 2.05) is 13.1 Å². The molecule has 5 aliphatic carbocycles. The zero-order valence-corrected chi connectivity index (χ0v) is 21.4. The van der Waals surface area contributed by atoms with Gasteiger partial charge < -0.3 is 10.4 Å². The van der Waals surface area contributed by atoms with E-state index in [9.17, 15) is 9.90 Å². The van der Waals surface area contributed by atoms with Crippen molar-refractivity contribution in [1.82, 2.24) is 5.32 Å². The number of hydrogen-bond acceptors (Lipinski definition) is 3. The average Bonchev–Trinajstić information content (AvgIpc) is 2.76. The largest absolute Gasteiger partial charge is 0.504 e. The van der Waals surface area contributed by atoms with Crippen LogP contribution < -0.4 is 5.32 Å². The first-order valence-electron chi connectivity index (χ1n) is 12.8. The Morgan fingerprint density at radius 2 is 1.73 bits per heavy atom. The standard InChI is InChI=1S/C30H41NO2/c1-8-31-27(4)13-11-26(3)12-15-29(6)23-10-9-20-19(2)25(33)22(32)17-21(20)28(23,5)14-16-30(29,7)24(26)18-27/h8-10,17,24,31,33H,1,11-16,18H2,2-7H3. The molecule has 0 spiro atoms. The maximum atomic E-state index is 12.6. The molecule has 0 radical (unpaired) electrons. The van der Waals surface area contributed by atoms with Crippen molar-refractivity contribution in [3.8, 4) is 0 Å². The van der Waals surface area contributed by atoms with Gasteiger partial charge in [0.2, 0.25) is 5.78 Å². The van der Waals surface area contributed by atoms with Crippen molar-refractivity contribution >= 4 is 5.78 Å². The van der Waals surface area contributed by atoms with Crippen LogP contribution >= 0.6 is 0 Å². The highest BCUT2D eigenvalue weighted by Gasteiger charge is 2.66. The molecule has 0 aromatic carbocycles. The molecule has 3 heteroatoms. The van der Waals surface area contributed by atoms with Gasteiger partial charge in [0.25, 0.3) is 0 Å². The lowest BCUT2D eigenvalue weighted by Crippen LogP contribution is -2.63. The molecular weight excluding hydrogens is 406 g/mol. The zero-order chi connectivity index (χ0) is 24.0. The lowest BCUT2D eigenvalue weighted by atomic mass is 9.35. The maximum absolute atomic E-state index is 12.6. The topological polar surface area (TPSA) is 49.3 Å². The molecule has 3 nitrogen and oxygen atoms in total. The van der Waals surface area contributed by atoms with Crippen LogP contribution in [0.15, 0.2) is 59.1 Å². The van der Waals surface area contributed by atoms with Gasteiger partial charge in [0.1, 0.15) is 0 Å². The van der Waals surface area contributed by atoms with Gasteiger partial charge in [0, 0.05) is 16.5 Å². The van der Waals surface area contributed by atoms with Gasteiger partial charge in [0.15, 0.2) is 5.76 Å². The van der Waals surface area contributed by atoms with E-state index in [0.29, 0.717) is 11.3 Å². The number of ketones is 1. The molecule has 178 valence electrons. The summed E-state index contributed by atoms with van der Waals surface area (Å²) >= 11 is 0. The first-order chi connectivity index (χ1) is 15.3. The number of fused-ring (bicyclic) bond motifs is 7. The van der Waals surface area contributed by atoms with Crippen LogP contribution in [-0.4, -0.2) is 16.4 Å². The van der Waals surface area contributed by atoms with Crippen LogP contribution in [0.1, 0.15) is 86.5 Å². The van der Waals surface area contributed by atoms with Crippen LogP contribution in [0.4, 0.5) is 0 Å². The smallest absolute Gasteiger partial charge is 0.220 e. The number of hydrogen-bond donors (Lipinski definition) is 2. The van der Waals surface area contributed by atoms with Crippen molar-refractivity contribution in [2.24, 2.45) is 27.6 Å². The number of allylic oxidation sites excluding steroid dienone is 7. The van der Waals surface area contributed by atoms with Gasteiger partial charge in [-0.3, -0.25) is 4.79 Å². The van der Waals surface area contributed by atoms with Crippen LogP contribution in [0.25, 0.3) is 0 Å². The summed E-state index contributed by atoms with van der Waals surface area (Å²) in [6, 6.07) is 0. The van der Waals surface area contributed by atoms with E-state index in [4.69, 9.17) is 0 Å². The van der Waals surface area contributed by atoms with E-state index in [-0.39, 0.29) is 33.3 Å². The first-order valence-corrected chi connectivity index (χ1v) is 12.8. The van der Waals surface area contributed by atoms with E-state index < -0.39 is 0 Å². The minimum Gasteiger partial charge on any atom is -0.504 e. The average molecular weight is 448 g/mol. The van der Waals surface area contributed by atoms with Crippen molar-refractivity contribution in [2.45, 2.75) is 92.0 Å². The second-order valence-corrected chi connectivity index (χ2v) is 13.0. The van der Waals surface area contributed by atoms with E-state index in [1.54, 1.807) is 6.08 Å². The Hall–Kier alpha value is -2.03. The second kappa shape index (κ2) is 6.77. The normalized spacial score (nSPS) is 46.7. The fraction of sp³-hybridized carbons (Fsp3) is 0.633. The number of rotatable bonds is 2. The van der Waals surface area contributed by atoms with Gasteiger partial charge in [-0.05, 0) is 104 Å². The van der Waals surface area contributed by atoms with Gasteiger partial charge in [0.05, 0.1) is 0 Å². The van der Waals surface area contributed by atoms with E-state index in [0.717, 1.165) is 29.6 Å². The molecule has 6 unspecified atom stereocenters.